The lowest BCUT2D eigenvalue weighted by Gasteiger charge is -2.10. The van der Waals surface area contributed by atoms with E-state index in [9.17, 15) is 0 Å². The molecule has 198 valence electrons. The number of terminal acetylenes is 2. The summed E-state index contributed by atoms with van der Waals surface area (Å²) in [5, 5.41) is 8.42. The maximum atomic E-state index is 6.01. The van der Waals surface area contributed by atoms with E-state index in [1.54, 1.807) is 0 Å². The van der Waals surface area contributed by atoms with Crippen molar-refractivity contribution < 1.29 is 9.47 Å². The van der Waals surface area contributed by atoms with Gasteiger partial charge in [0.2, 0.25) is 0 Å². The van der Waals surface area contributed by atoms with Gasteiger partial charge in [0, 0.05) is 23.9 Å². The van der Waals surface area contributed by atoms with Gasteiger partial charge in [-0.1, -0.05) is 60.4 Å². The molecule has 0 unspecified atom stereocenters. The van der Waals surface area contributed by atoms with Crippen LogP contribution in [0.1, 0.15) is 22.5 Å². The second-order valence-corrected chi connectivity index (χ2v) is 9.29. The number of aromatic nitrogens is 2. The minimum absolute atomic E-state index is 0.359. The zero-order valence-corrected chi connectivity index (χ0v) is 22.2. The molecule has 0 atom stereocenters. The van der Waals surface area contributed by atoms with Crippen molar-refractivity contribution in [3.8, 4) is 36.2 Å². The van der Waals surface area contributed by atoms with Crippen LogP contribution >= 0.6 is 0 Å². The molecule has 3 aromatic carbocycles. The van der Waals surface area contributed by atoms with Crippen molar-refractivity contribution in [1.82, 2.24) is 20.6 Å². The first kappa shape index (κ1) is 26.7. The third-order valence-electron chi connectivity index (χ3n) is 6.37. The Hall–Kier alpha value is -4.88. The first-order valence-electron chi connectivity index (χ1n) is 13.1. The van der Waals surface area contributed by atoms with Gasteiger partial charge in [0.15, 0.2) is 0 Å². The van der Waals surface area contributed by atoms with E-state index in [1.807, 2.05) is 60.7 Å². The Balaban J connectivity index is 1.26. The molecular weight excluding hydrogens is 496 g/mol. The number of nitrogens with zero attached hydrogens (tertiary/aromatic N) is 2. The fourth-order valence-electron chi connectivity index (χ4n) is 4.29. The van der Waals surface area contributed by atoms with Crippen molar-refractivity contribution >= 4 is 21.8 Å². The fourth-order valence-corrected chi connectivity index (χ4v) is 4.29. The van der Waals surface area contributed by atoms with Gasteiger partial charge >= 0.3 is 0 Å². The Morgan fingerprint density at radius 2 is 0.950 bits per heavy atom. The van der Waals surface area contributed by atoms with Crippen molar-refractivity contribution in [2.45, 2.75) is 26.3 Å². The first-order chi connectivity index (χ1) is 19.7. The first-order valence-corrected chi connectivity index (χ1v) is 13.1. The summed E-state index contributed by atoms with van der Waals surface area (Å²) in [6.07, 6.45) is 10.6. The van der Waals surface area contributed by atoms with E-state index in [0.29, 0.717) is 26.3 Å². The molecule has 6 nitrogen and oxygen atoms in total. The highest BCUT2D eigenvalue weighted by Gasteiger charge is 2.08. The molecule has 2 heterocycles. The second kappa shape index (κ2) is 13.3. The van der Waals surface area contributed by atoms with Crippen LogP contribution in [-0.4, -0.2) is 23.1 Å². The van der Waals surface area contributed by atoms with Gasteiger partial charge in [-0.3, -0.25) is 0 Å². The molecule has 2 aromatic heterocycles. The Kier molecular flexibility index (Phi) is 8.86. The van der Waals surface area contributed by atoms with E-state index >= 15 is 0 Å². The number of pyridine rings is 2. The summed E-state index contributed by atoms with van der Waals surface area (Å²) < 4.78 is 12.0. The van der Waals surface area contributed by atoms with Gasteiger partial charge in [-0.15, -0.1) is 12.8 Å². The van der Waals surface area contributed by atoms with Gasteiger partial charge in [0.1, 0.15) is 24.7 Å². The standard InChI is InChI=1S/C34H30N4O2/c1-3-19-35-21-25-5-15-31(16-6-25)39-23-29-13-11-27-9-10-28-12-14-30(38-34(28)33(27)37-29)24-40-32-17-7-26(8-18-32)22-36-20-4-2/h1-2,5-18,35-36H,19-24H2. The van der Waals surface area contributed by atoms with E-state index in [4.69, 9.17) is 32.3 Å². The van der Waals surface area contributed by atoms with Gasteiger partial charge in [-0.05, 0) is 47.5 Å². The molecule has 5 aromatic rings. The highest BCUT2D eigenvalue weighted by molar-refractivity contribution is 6.02. The zero-order valence-electron chi connectivity index (χ0n) is 22.2. The number of rotatable bonds is 12. The average molecular weight is 527 g/mol. The number of benzene rings is 3. The van der Waals surface area contributed by atoms with E-state index < -0.39 is 0 Å². The molecule has 0 aliphatic carbocycles. The van der Waals surface area contributed by atoms with E-state index in [2.05, 4.69) is 46.7 Å². The van der Waals surface area contributed by atoms with Crippen LogP contribution in [0.4, 0.5) is 0 Å². The van der Waals surface area contributed by atoms with Gasteiger partial charge < -0.3 is 20.1 Å². The van der Waals surface area contributed by atoms with E-state index in [0.717, 1.165) is 68.9 Å². The lowest BCUT2D eigenvalue weighted by atomic mass is 10.1. The molecule has 0 aliphatic rings. The van der Waals surface area contributed by atoms with Crippen LogP contribution < -0.4 is 20.1 Å². The molecule has 6 heteroatoms. The van der Waals surface area contributed by atoms with Gasteiger partial charge in [0.05, 0.1) is 35.5 Å². The largest absolute Gasteiger partial charge is 0.487 e. The Labute approximate surface area is 234 Å². The molecule has 0 aliphatic heterocycles. The molecule has 40 heavy (non-hydrogen) atoms. The third-order valence-corrected chi connectivity index (χ3v) is 6.37. The SMILES string of the molecule is C#CCNCc1ccc(OCc2ccc3ccc4ccc(COc5ccc(CNCC#C)cc5)nc4c3n2)cc1. The predicted molar refractivity (Wildman–Crippen MR) is 160 cm³/mol. The minimum atomic E-state index is 0.359. The monoisotopic (exact) mass is 526 g/mol. The molecular formula is C34H30N4O2. The summed E-state index contributed by atoms with van der Waals surface area (Å²) in [5.74, 6) is 6.73. The van der Waals surface area contributed by atoms with Crippen molar-refractivity contribution in [2.24, 2.45) is 0 Å². The van der Waals surface area contributed by atoms with Crippen LogP contribution in [0.5, 0.6) is 11.5 Å². The van der Waals surface area contributed by atoms with Crippen LogP contribution in [0.2, 0.25) is 0 Å². The van der Waals surface area contributed by atoms with Gasteiger partial charge in [-0.2, -0.15) is 0 Å². The van der Waals surface area contributed by atoms with Crippen molar-refractivity contribution in [1.29, 1.82) is 0 Å². The maximum Gasteiger partial charge on any atom is 0.130 e. The topological polar surface area (TPSA) is 68.3 Å². The van der Waals surface area contributed by atoms with E-state index in [-0.39, 0.29) is 0 Å². The molecule has 0 bridgehead atoms. The van der Waals surface area contributed by atoms with Crippen molar-refractivity contribution in [3.63, 3.8) is 0 Å². The molecule has 0 fully saturated rings. The Morgan fingerprint density at radius 1 is 0.550 bits per heavy atom. The average Bonchev–Trinajstić information content (AvgIpc) is 3.00. The van der Waals surface area contributed by atoms with Crippen LogP contribution in [-0.2, 0) is 26.3 Å². The van der Waals surface area contributed by atoms with Crippen molar-refractivity contribution in [2.75, 3.05) is 13.1 Å². The maximum absolute atomic E-state index is 6.01. The smallest absolute Gasteiger partial charge is 0.130 e. The molecule has 0 radical (unpaired) electrons. The Morgan fingerprint density at radius 3 is 1.35 bits per heavy atom. The summed E-state index contributed by atoms with van der Waals surface area (Å²) in [6, 6.07) is 28.2. The van der Waals surface area contributed by atoms with Gasteiger partial charge in [0.25, 0.3) is 0 Å². The molecule has 0 spiro atoms. The van der Waals surface area contributed by atoms with Crippen molar-refractivity contribution in [3.05, 3.63) is 107 Å². The number of nitrogens with one attached hydrogen (secondary N) is 2. The third kappa shape index (κ3) is 6.95. The highest BCUT2D eigenvalue weighted by Crippen LogP contribution is 2.24. The zero-order chi connectivity index (χ0) is 27.6. The molecule has 5 rings (SSSR count). The number of hydrogen-bond acceptors (Lipinski definition) is 6. The van der Waals surface area contributed by atoms with Gasteiger partial charge in [-0.25, -0.2) is 9.97 Å². The molecule has 0 amide bonds. The lowest BCUT2D eigenvalue weighted by molar-refractivity contribution is 0.301. The summed E-state index contributed by atoms with van der Waals surface area (Å²) in [4.78, 5) is 9.82. The summed E-state index contributed by atoms with van der Waals surface area (Å²) in [5.41, 5.74) is 5.65. The van der Waals surface area contributed by atoms with Crippen LogP contribution in [0.15, 0.2) is 84.9 Å². The summed E-state index contributed by atoms with van der Waals surface area (Å²) in [6.45, 7) is 3.26. The summed E-state index contributed by atoms with van der Waals surface area (Å²) >= 11 is 0. The summed E-state index contributed by atoms with van der Waals surface area (Å²) in [7, 11) is 0. The molecule has 0 saturated heterocycles. The lowest BCUT2D eigenvalue weighted by Crippen LogP contribution is -2.12. The van der Waals surface area contributed by atoms with Crippen LogP contribution in [0, 0.1) is 24.7 Å². The molecule has 2 N–H and O–H groups in total. The number of hydrogen-bond donors (Lipinski definition) is 2. The Bertz CT molecular complexity index is 1540. The fraction of sp³-hybridized carbons (Fsp3) is 0.176. The quantitative estimate of drug-likeness (QED) is 0.129. The normalized spacial score (nSPS) is 10.8. The number of ether oxygens (including phenoxy) is 2. The number of fused-ring (bicyclic) bond motifs is 3. The minimum Gasteiger partial charge on any atom is -0.487 e. The molecule has 0 saturated carbocycles. The highest BCUT2D eigenvalue weighted by atomic mass is 16.5. The van der Waals surface area contributed by atoms with E-state index in [1.165, 1.54) is 0 Å². The second-order valence-electron chi connectivity index (χ2n) is 9.29. The predicted octanol–water partition coefficient (Wildman–Crippen LogP) is 5.39. The van der Waals surface area contributed by atoms with Crippen LogP contribution in [0.3, 0.4) is 0 Å². The van der Waals surface area contributed by atoms with Crippen LogP contribution in [0.25, 0.3) is 21.8 Å².